The van der Waals surface area contributed by atoms with Gasteiger partial charge in [0.05, 0.1) is 10.5 Å². The van der Waals surface area contributed by atoms with Crippen LogP contribution in [0.5, 0.6) is 0 Å². The van der Waals surface area contributed by atoms with Crippen LogP contribution < -0.4 is 0 Å². The van der Waals surface area contributed by atoms with Gasteiger partial charge in [-0.1, -0.05) is 39.8 Å². The fourth-order valence-electron chi connectivity index (χ4n) is 3.78. The third-order valence-corrected chi connectivity index (χ3v) is 6.85. The third kappa shape index (κ3) is 3.70. The van der Waals surface area contributed by atoms with E-state index in [1.54, 1.807) is 12.1 Å². The minimum absolute atomic E-state index is 0.0868. The summed E-state index contributed by atoms with van der Waals surface area (Å²) in [7, 11) is -3.83. The number of fused-ring (bicyclic) bond motifs is 1. The molecule has 146 valence electrons. The van der Waals surface area contributed by atoms with Gasteiger partial charge in [0.2, 0.25) is 9.84 Å². The van der Waals surface area contributed by atoms with Crippen molar-refractivity contribution in [2.45, 2.75) is 56.3 Å². The monoisotopic (exact) mass is 396 g/mol. The molecule has 0 saturated carbocycles. The van der Waals surface area contributed by atoms with E-state index >= 15 is 0 Å². The topological polar surface area (TPSA) is 71.4 Å². The van der Waals surface area contributed by atoms with Crippen LogP contribution in [0.25, 0.3) is 0 Å². The van der Waals surface area contributed by atoms with Crippen molar-refractivity contribution < 1.29 is 18.3 Å². The van der Waals surface area contributed by atoms with Gasteiger partial charge in [-0.15, -0.1) is 0 Å². The van der Waals surface area contributed by atoms with Crippen LogP contribution in [0.1, 0.15) is 67.6 Å². The summed E-state index contributed by atoms with van der Waals surface area (Å²) in [6, 6.07) is 11.3. The fourth-order valence-corrected chi connectivity index (χ4v) is 5.05. The van der Waals surface area contributed by atoms with Gasteiger partial charge in [-0.3, -0.25) is 0 Å². The number of carboxylic acid groups (broad SMARTS) is 1. The highest BCUT2D eigenvalue weighted by molar-refractivity contribution is 7.96. The van der Waals surface area contributed by atoms with Gasteiger partial charge in [-0.25, -0.2) is 13.2 Å². The summed E-state index contributed by atoms with van der Waals surface area (Å²) in [6.07, 6.45) is 1.90. The van der Waals surface area contributed by atoms with Crippen LogP contribution in [-0.4, -0.2) is 19.5 Å². The molecule has 0 aliphatic heterocycles. The highest BCUT2D eigenvalue weighted by Gasteiger charge is 2.40. The Labute approximate surface area is 166 Å². The van der Waals surface area contributed by atoms with E-state index < -0.39 is 15.8 Å². The van der Waals surface area contributed by atoms with Crippen LogP contribution in [0, 0.1) is 11.2 Å². The van der Waals surface area contributed by atoms with Crippen molar-refractivity contribution in [2.24, 2.45) is 0 Å². The number of hydrogen-bond donors (Lipinski definition) is 1. The van der Waals surface area contributed by atoms with Gasteiger partial charge in [0, 0.05) is 10.8 Å². The molecule has 0 aromatic heterocycles. The Morgan fingerprint density at radius 1 is 0.964 bits per heavy atom. The van der Waals surface area contributed by atoms with E-state index in [1.165, 1.54) is 24.3 Å². The zero-order valence-electron chi connectivity index (χ0n) is 16.5. The SMILES string of the molecule is CC1(C)CCC(C)(C)c2c1cccc2S(=O)(=O)C#Cc1ccc(C(=O)O)cc1. The Hall–Kier alpha value is -2.58. The average Bonchev–Trinajstić information content (AvgIpc) is 2.64. The van der Waals surface area contributed by atoms with E-state index in [4.69, 9.17) is 5.11 Å². The second kappa shape index (κ2) is 6.79. The van der Waals surface area contributed by atoms with E-state index in [-0.39, 0.29) is 21.3 Å². The average molecular weight is 397 g/mol. The van der Waals surface area contributed by atoms with Crippen molar-refractivity contribution in [3.63, 3.8) is 0 Å². The number of sulfone groups is 1. The first-order valence-electron chi connectivity index (χ1n) is 9.19. The molecule has 1 aliphatic rings. The molecule has 0 radical (unpaired) electrons. The molecule has 0 saturated heterocycles. The fraction of sp³-hybridized carbons (Fsp3) is 0.348. The number of hydrogen-bond acceptors (Lipinski definition) is 3. The van der Waals surface area contributed by atoms with Crippen LogP contribution in [0.15, 0.2) is 47.4 Å². The van der Waals surface area contributed by atoms with Crippen LogP contribution in [0.4, 0.5) is 0 Å². The van der Waals surface area contributed by atoms with E-state index in [0.717, 1.165) is 24.0 Å². The lowest BCUT2D eigenvalue weighted by Crippen LogP contribution is -2.35. The molecule has 0 amide bonds. The molecule has 0 heterocycles. The van der Waals surface area contributed by atoms with Crippen molar-refractivity contribution in [3.05, 3.63) is 64.7 Å². The molecule has 5 heteroatoms. The number of aromatic carboxylic acids is 1. The molecule has 0 unspecified atom stereocenters. The first kappa shape index (κ1) is 20.2. The van der Waals surface area contributed by atoms with Gasteiger partial charge in [0.15, 0.2) is 0 Å². The Morgan fingerprint density at radius 3 is 2.18 bits per heavy atom. The molecule has 0 atom stereocenters. The normalized spacial score (nSPS) is 17.1. The summed E-state index contributed by atoms with van der Waals surface area (Å²) in [5.41, 5.74) is 2.18. The Balaban J connectivity index is 2.09. The van der Waals surface area contributed by atoms with Crippen LogP contribution in [0.2, 0.25) is 0 Å². The van der Waals surface area contributed by atoms with Gasteiger partial charge in [0.1, 0.15) is 0 Å². The number of rotatable bonds is 2. The maximum atomic E-state index is 13.1. The minimum atomic E-state index is -3.83. The number of carboxylic acids is 1. The molecule has 0 fully saturated rings. The van der Waals surface area contributed by atoms with Crippen LogP contribution >= 0.6 is 0 Å². The number of benzene rings is 2. The quantitative estimate of drug-likeness (QED) is 0.758. The Kier molecular flexibility index (Phi) is 4.89. The smallest absolute Gasteiger partial charge is 0.335 e. The van der Waals surface area contributed by atoms with E-state index in [0.29, 0.717) is 5.56 Å². The summed E-state index contributed by atoms with van der Waals surface area (Å²) in [5.74, 6) is 1.64. The van der Waals surface area contributed by atoms with Gasteiger partial charge < -0.3 is 5.11 Å². The maximum absolute atomic E-state index is 13.1. The van der Waals surface area contributed by atoms with E-state index in [9.17, 15) is 13.2 Å². The Bertz CT molecular complexity index is 1100. The van der Waals surface area contributed by atoms with Crippen molar-refractivity contribution in [3.8, 4) is 11.2 Å². The first-order chi connectivity index (χ1) is 12.9. The zero-order chi connectivity index (χ0) is 20.7. The largest absolute Gasteiger partial charge is 0.478 e. The molecule has 3 rings (SSSR count). The first-order valence-corrected chi connectivity index (χ1v) is 10.7. The lowest BCUT2D eigenvalue weighted by molar-refractivity contribution is 0.0697. The summed E-state index contributed by atoms with van der Waals surface area (Å²) in [4.78, 5) is 11.2. The van der Waals surface area contributed by atoms with Gasteiger partial charge in [0.25, 0.3) is 0 Å². The summed E-state index contributed by atoms with van der Waals surface area (Å²) < 4.78 is 26.2. The molecule has 28 heavy (non-hydrogen) atoms. The Morgan fingerprint density at radius 2 is 1.57 bits per heavy atom. The van der Waals surface area contributed by atoms with Crippen LogP contribution in [-0.2, 0) is 20.7 Å². The molecule has 4 nitrogen and oxygen atoms in total. The molecular formula is C23H24O4S. The van der Waals surface area contributed by atoms with Gasteiger partial charge in [-0.05, 0) is 71.1 Å². The second-order valence-electron chi connectivity index (χ2n) is 8.56. The van der Waals surface area contributed by atoms with Gasteiger partial charge in [-0.2, -0.15) is 0 Å². The zero-order valence-corrected chi connectivity index (χ0v) is 17.4. The number of carbonyl (C=O) groups is 1. The third-order valence-electron chi connectivity index (χ3n) is 5.56. The highest BCUT2D eigenvalue weighted by Crippen LogP contribution is 2.48. The maximum Gasteiger partial charge on any atom is 0.335 e. The van der Waals surface area contributed by atoms with Crippen molar-refractivity contribution in [2.75, 3.05) is 0 Å². The molecule has 0 spiro atoms. The van der Waals surface area contributed by atoms with Crippen LogP contribution in [0.3, 0.4) is 0 Å². The molecule has 1 aliphatic carbocycles. The molecule has 2 aromatic rings. The predicted octanol–water partition coefficient (Wildman–Crippen LogP) is 4.52. The molecule has 2 aromatic carbocycles. The van der Waals surface area contributed by atoms with Gasteiger partial charge >= 0.3 is 5.97 Å². The standard InChI is InChI=1S/C23H24O4S/c1-22(2)13-14-23(3,4)20-18(22)6-5-7-19(20)28(26,27)15-12-16-8-10-17(11-9-16)21(24)25/h5-11H,13-14H2,1-4H3,(H,24,25). The molecule has 1 N–H and O–H groups in total. The second-order valence-corrected chi connectivity index (χ2v) is 10.2. The highest BCUT2D eigenvalue weighted by atomic mass is 32.2. The summed E-state index contributed by atoms with van der Waals surface area (Å²) in [5, 5.41) is 11.4. The summed E-state index contributed by atoms with van der Waals surface area (Å²) >= 11 is 0. The summed E-state index contributed by atoms with van der Waals surface area (Å²) in [6.45, 7) is 8.45. The van der Waals surface area contributed by atoms with E-state index in [1.807, 2.05) is 6.07 Å². The van der Waals surface area contributed by atoms with Crippen molar-refractivity contribution in [1.29, 1.82) is 0 Å². The van der Waals surface area contributed by atoms with E-state index in [2.05, 4.69) is 38.9 Å². The van der Waals surface area contributed by atoms with Crippen molar-refractivity contribution in [1.82, 2.24) is 0 Å². The predicted molar refractivity (Wildman–Crippen MR) is 109 cm³/mol. The lowest BCUT2D eigenvalue weighted by atomic mass is 9.63. The molecular weight excluding hydrogens is 372 g/mol. The molecule has 0 bridgehead atoms. The lowest BCUT2D eigenvalue weighted by Gasteiger charge is -2.42. The van der Waals surface area contributed by atoms with Crippen molar-refractivity contribution >= 4 is 15.8 Å². The minimum Gasteiger partial charge on any atom is -0.478 e.